The number of nitrogens with one attached hydrogen (secondary N) is 1. The molecule has 1 amide bonds. The van der Waals surface area contributed by atoms with Crippen molar-refractivity contribution in [2.24, 2.45) is 0 Å². The van der Waals surface area contributed by atoms with Gasteiger partial charge in [0.2, 0.25) is 5.91 Å². The van der Waals surface area contributed by atoms with Gasteiger partial charge in [0.15, 0.2) is 9.84 Å². The summed E-state index contributed by atoms with van der Waals surface area (Å²) in [7, 11) is -3.12. The average molecular weight is 315 g/mol. The van der Waals surface area contributed by atoms with E-state index in [2.05, 4.69) is 5.32 Å². The van der Waals surface area contributed by atoms with Crippen molar-refractivity contribution in [1.82, 2.24) is 5.32 Å². The van der Waals surface area contributed by atoms with Gasteiger partial charge in [0.1, 0.15) is 11.6 Å². The quantitative estimate of drug-likeness (QED) is 0.863. The monoisotopic (exact) mass is 315 g/mol. The molecule has 0 saturated carbocycles. The Labute approximate surface area is 121 Å². The van der Waals surface area contributed by atoms with E-state index in [1.165, 1.54) is 6.07 Å². The van der Waals surface area contributed by atoms with Crippen molar-refractivity contribution in [2.75, 3.05) is 11.5 Å². The highest BCUT2D eigenvalue weighted by atomic mass is 32.2. The normalized spacial score (nSPS) is 21.3. The van der Waals surface area contributed by atoms with Crippen LogP contribution < -0.4 is 5.32 Å². The lowest BCUT2D eigenvalue weighted by Crippen LogP contribution is -2.42. The van der Waals surface area contributed by atoms with Crippen molar-refractivity contribution >= 4 is 21.8 Å². The maximum absolute atomic E-state index is 13.4. The number of carbonyl (C=O) groups excluding carboxylic acids is 1. The second kappa shape index (κ2) is 6.34. The van der Waals surface area contributed by atoms with Crippen LogP contribution in [0.5, 0.6) is 0 Å². The van der Waals surface area contributed by atoms with Crippen LogP contribution in [0.2, 0.25) is 0 Å². The molecule has 1 fully saturated rings. The van der Waals surface area contributed by atoms with Crippen molar-refractivity contribution in [1.29, 1.82) is 0 Å². The fourth-order valence-electron chi connectivity index (χ4n) is 2.21. The Kier molecular flexibility index (Phi) is 4.72. The summed E-state index contributed by atoms with van der Waals surface area (Å²) in [4.78, 5) is 11.7. The Balaban J connectivity index is 2.00. The third kappa shape index (κ3) is 4.35. The van der Waals surface area contributed by atoms with Gasteiger partial charge in [-0.3, -0.25) is 4.79 Å². The lowest BCUT2D eigenvalue weighted by atomic mass is 10.1. The summed E-state index contributed by atoms with van der Waals surface area (Å²) < 4.78 is 49.6. The van der Waals surface area contributed by atoms with Crippen LogP contribution >= 0.6 is 0 Å². The summed E-state index contributed by atoms with van der Waals surface area (Å²) >= 11 is 0. The Hall–Kier alpha value is -1.76. The molecule has 1 atom stereocenters. The van der Waals surface area contributed by atoms with E-state index in [4.69, 9.17) is 0 Å². The molecule has 21 heavy (non-hydrogen) atoms. The molecule has 0 radical (unpaired) electrons. The minimum absolute atomic E-state index is 0.0966. The maximum atomic E-state index is 13.4. The summed E-state index contributed by atoms with van der Waals surface area (Å²) in [6, 6.07) is 2.96. The highest BCUT2D eigenvalue weighted by Crippen LogP contribution is 2.14. The summed E-state index contributed by atoms with van der Waals surface area (Å²) in [6.45, 7) is 0. The van der Waals surface area contributed by atoms with Crippen LogP contribution in [-0.2, 0) is 14.6 Å². The van der Waals surface area contributed by atoms with Gasteiger partial charge in [-0.05, 0) is 31.1 Å². The second-order valence-corrected chi connectivity index (χ2v) is 7.16. The maximum Gasteiger partial charge on any atom is 0.244 e. The molecule has 114 valence electrons. The number of hydrogen-bond acceptors (Lipinski definition) is 3. The molecule has 1 saturated heterocycles. The number of carbonyl (C=O) groups is 1. The zero-order valence-electron chi connectivity index (χ0n) is 11.2. The predicted octanol–water partition coefficient (Wildman–Crippen LogP) is 1.67. The van der Waals surface area contributed by atoms with Crippen molar-refractivity contribution in [3.63, 3.8) is 0 Å². The number of hydrogen-bond donors (Lipinski definition) is 1. The molecule has 1 aromatic rings. The summed E-state index contributed by atoms with van der Waals surface area (Å²) in [6.07, 6.45) is 3.12. The molecular weight excluding hydrogens is 300 g/mol. The van der Waals surface area contributed by atoms with E-state index in [9.17, 15) is 22.0 Å². The SMILES string of the molecule is O=C(/C=C\c1c(F)cccc1F)N[C@H]1CCCS(=O)(=O)C1. The van der Waals surface area contributed by atoms with Crippen LogP contribution in [-0.4, -0.2) is 31.9 Å². The van der Waals surface area contributed by atoms with Gasteiger partial charge in [0.05, 0.1) is 11.5 Å². The fourth-order valence-corrected chi connectivity index (χ4v) is 3.85. The van der Waals surface area contributed by atoms with E-state index in [1.807, 2.05) is 0 Å². The van der Waals surface area contributed by atoms with Crippen molar-refractivity contribution in [2.45, 2.75) is 18.9 Å². The molecule has 0 bridgehead atoms. The van der Waals surface area contributed by atoms with Gasteiger partial charge >= 0.3 is 0 Å². The molecule has 0 spiro atoms. The van der Waals surface area contributed by atoms with Crippen LogP contribution in [0.15, 0.2) is 24.3 Å². The van der Waals surface area contributed by atoms with Crippen LogP contribution in [0.3, 0.4) is 0 Å². The molecule has 2 rings (SSSR count). The van der Waals surface area contributed by atoms with Crippen LogP contribution in [0.4, 0.5) is 8.78 Å². The molecule has 1 heterocycles. The van der Waals surface area contributed by atoms with Gasteiger partial charge in [-0.1, -0.05) is 6.07 Å². The Morgan fingerprint density at radius 3 is 2.57 bits per heavy atom. The molecule has 1 aromatic carbocycles. The first-order valence-electron chi connectivity index (χ1n) is 6.50. The first-order chi connectivity index (χ1) is 9.87. The molecule has 4 nitrogen and oxygen atoms in total. The molecule has 1 aliphatic rings. The molecule has 7 heteroatoms. The van der Waals surface area contributed by atoms with Gasteiger partial charge in [0.25, 0.3) is 0 Å². The number of amides is 1. The summed E-state index contributed by atoms with van der Waals surface area (Å²) in [5, 5.41) is 2.53. The third-order valence-electron chi connectivity index (χ3n) is 3.21. The molecule has 0 aromatic heterocycles. The number of rotatable bonds is 3. The smallest absolute Gasteiger partial charge is 0.244 e. The third-order valence-corrected chi connectivity index (χ3v) is 5.03. The van der Waals surface area contributed by atoms with E-state index in [0.29, 0.717) is 12.8 Å². The van der Waals surface area contributed by atoms with E-state index < -0.39 is 33.4 Å². The van der Waals surface area contributed by atoms with Crippen LogP contribution in [0.1, 0.15) is 18.4 Å². The molecular formula is C14H15F2NO3S. The van der Waals surface area contributed by atoms with Crippen molar-refractivity contribution in [3.8, 4) is 0 Å². The number of halogens is 2. The molecule has 1 aliphatic heterocycles. The van der Waals surface area contributed by atoms with Gasteiger partial charge in [-0.2, -0.15) is 0 Å². The molecule has 0 aliphatic carbocycles. The Bertz CT molecular complexity index is 651. The number of sulfone groups is 1. The second-order valence-electron chi connectivity index (χ2n) is 4.93. The highest BCUT2D eigenvalue weighted by Gasteiger charge is 2.25. The fraction of sp³-hybridized carbons (Fsp3) is 0.357. The first-order valence-corrected chi connectivity index (χ1v) is 8.32. The zero-order chi connectivity index (χ0) is 15.5. The Morgan fingerprint density at radius 1 is 1.29 bits per heavy atom. The van der Waals surface area contributed by atoms with Gasteiger partial charge in [-0.15, -0.1) is 0 Å². The predicted molar refractivity (Wildman–Crippen MR) is 75.2 cm³/mol. The lowest BCUT2D eigenvalue weighted by molar-refractivity contribution is -0.117. The van der Waals surface area contributed by atoms with Gasteiger partial charge < -0.3 is 5.32 Å². The highest BCUT2D eigenvalue weighted by molar-refractivity contribution is 7.91. The Morgan fingerprint density at radius 2 is 1.95 bits per heavy atom. The van der Waals surface area contributed by atoms with Gasteiger partial charge in [-0.25, -0.2) is 17.2 Å². The topological polar surface area (TPSA) is 63.2 Å². The van der Waals surface area contributed by atoms with Crippen LogP contribution in [0.25, 0.3) is 6.08 Å². The molecule has 0 unspecified atom stereocenters. The summed E-state index contributed by atoms with van der Waals surface area (Å²) in [5.41, 5.74) is -0.302. The lowest BCUT2D eigenvalue weighted by Gasteiger charge is -2.22. The zero-order valence-corrected chi connectivity index (χ0v) is 12.0. The van der Waals surface area contributed by atoms with E-state index >= 15 is 0 Å². The minimum atomic E-state index is -3.12. The van der Waals surface area contributed by atoms with Crippen molar-refractivity contribution < 1.29 is 22.0 Å². The molecule has 1 N–H and O–H groups in total. The van der Waals surface area contributed by atoms with Gasteiger partial charge in [0, 0.05) is 17.7 Å². The average Bonchev–Trinajstić information content (AvgIpc) is 2.36. The first kappa shape index (κ1) is 15.6. The van der Waals surface area contributed by atoms with Crippen LogP contribution in [0, 0.1) is 11.6 Å². The van der Waals surface area contributed by atoms with E-state index in [-0.39, 0.29) is 17.1 Å². The van der Waals surface area contributed by atoms with E-state index in [1.54, 1.807) is 0 Å². The van der Waals surface area contributed by atoms with E-state index in [0.717, 1.165) is 24.3 Å². The van der Waals surface area contributed by atoms with Crippen molar-refractivity contribution in [3.05, 3.63) is 41.5 Å². The largest absolute Gasteiger partial charge is 0.349 e. The summed E-state index contributed by atoms with van der Waals surface area (Å²) in [5.74, 6) is -2.06. The minimum Gasteiger partial charge on any atom is -0.349 e. The standard InChI is InChI=1S/C14H15F2NO3S/c15-12-4-1-5-13(16)11(12)6-7-14(18)17-10-3-2-8-21(19,20)9-10/h1,4-7,10H,2-3,8-9H2,(H,17,18)/b7-6-/t10-/m0/s1. The number of benzene rings is 1.